The van der Waals surface area contributed by atoms with Crippen LogP contribution in [-0.4, -0.2) is 44.9 Å². The van der Waals surface area contributed by atoms with Gasteiger partial charge in [0.25, 0.3) is 0 Å². The molecule has 0 aromatic carbocycles. The molecule has 1 saturated heterocycles. The Balaban J connectivity index is 1.27. The van der Waals surface area contributed by atoms with Crippen LogP contribution in [0.5, 0.6) is 0 Å². The summed E-state index contributed by atoms with van der Waals surface area (Å²) >= 11 is 6.35. The molecule has 3 aromatic rings. The largest absolute Gasteiger partial charge is 0.367 e. The first-order chi connectivity index (χ1) is 15.5. The van der Waals surface area contributed by atoms with Gasteiger partial charge in [0.2, 0.25) is 11.8 Å². The van der Waals surface area contributed by atoms with Gasteiger partial charge in [0, 0.05) is 41.8 Å². The van der Waals surface area contributed by atoms with E-state index in [1.54, 1.807) is 6.20 Å². The summed E-state index contributed by atoms with van der Waals surface area (Å²) in [4.78, 5) is 35.9. The number of aromatic amines is 1. The molecule has 0 radical (unpaired) electrons. The summed E-state index contributed by atoms with van der Waals surface area (Å²) in [6.07, 6.45) is 8.40. The van der Waals surface area contributed by atoms with Crippen LogP contribution in [0.1, 0.15) is 38.5 Å². The van der Waals surface area contributed by atoms with Gasteiger partial charge in [-0.05, 0) is 61.9 Å². The van der Waals surface area contributed by atoms with E-state index in [4.69, 9.17) is 11.6 Å². The van der Waals surface area contributed by atoms with Gasteiger partial charge < -0.3 is 20.9 Å². The van der Waals surface area contributed by atoms with Gasteiger partial charge >= 0.3 is 0 Å². The van der Waals surface area contributed by atoms with Crippen molar-refractivity contribution in [3.8, 4) is 11.1 Å². The van der Waals surface area contributed by atoms with Crippen LogP contribution >= 0.6 is 11.6 Å². The SMILES string of the molecule is O=C1CCC(C(=O)NC2CCCC(Nc3cc(-c4c[nH]c5ncccc45)cc(Cl)n3)C2)N1. The van der Waals surface area contributed by atoms with Gasteiger partial charge in [0.15, 0.2) is 0 Å². The lowest BCUT2D eigenvalue weighted by molar-refractivity contribution is -0.126. The monoisotopic (exact) mass is 452 g/mol. The maximum atomic E-state index is 12.5. The van der Waals surface area contributed by atoms with Crippen LogP contribution in [-0.2, 0) is 9.59 Å². The number of fused-ring (bicyclic) bond motifs is 1. The minimum absolute atomic E-state index is 0.0536. The number of nitrogens with zero attached hydrogens (tertiary/aromatic N) is 2. The van der Waals surface area contributed by atoms with Crippen LogP contribution in [0.15, 0.2) is 36.7 Å². The van der Waals surface area contributed by atoms with Crippen molar-refractivity contribution < 1.29 is 9.59 Å². The zero-order valence-electron chi connectivity index (χ0n) is 17.5. The first-order valence-electron chi connectivity index (χ1n) is 11.0. The van der Waals surface area contributed by atoms with Crippen molar-refractivity contribution in [3.63, 3.8) is 0 Å². The predicted molar refractivity (Wildman–Crippen MR) is 123 cm³/mol. The molecule has 2 fully saturated rings. The molecule has 8 nitrogen and oxygen atoms in total. The fourth-order valence-corrected chi connectivity index (χ4v) is 4.90. The third-order valence-electron chi connectivity index (χ3n) is 6.24. The van der Waals surface area contributed by atoms with Crippen molar-refractivity contribution in [1.82, 2.24) is 25.6 Å². The molecule has 2 amide bonds. The smallest absolute Gasteiger partial charge is 0.242 e. The van der Waals surface area contributed by atoms with Crippen LogP contribution in [0.3, 0.4) is 0 Å². The molecule has 0 spiro atoms. The van der Waals surface area contributed by atoms with E-state index in [0.717, 1.165) is 47.8 Å². The summed E-state index contributed by atoms with van der Waals surface area (Å²) in [6.45, 7) is 0. The number of halogens is 1. The summed E-state index contributed by atoms with van der Waals surface area (Å²) in [6, 6.07) is 7.63. The number of amides is 2. The van der Waals surface area contributed by atoms with Gasteiger partial charge in [0.1, 0.15) is 22.7 Å². The van der Waals surface area contributed by atoms with Gasteiger partial charge in [0.05, 0.1) is 0 Å². The maximum Gasteiger partial charge on any atom is 0.242 e. The van der Waals surface area contributed by atoms with Crippen molar-refractivity contribution in [2.75, 3.05) is 5.32 Å². The van der Waals surface area contributed by atoms with Crippen LogP contribution in [0.25, 0.3) is 22.2 Å². The van der Waals surface area contributed by atoms with Gasteiger partial charge in [-0.1, -0.05) is 11.6 Å². The standard InChI is InChI=1S/C23H25ClN6O2/c24-19-9-13(17-12-26-22-16(17)5-2-8-25-22)10-20(30-19)27-14-3-1-4-15(11-14)28-23(32)18-6-7-21(31)29-18/h2,5,8-10,12,14-15,18H,1,3-4,6-7,11H2,(H,25,26)(H,27,30)(H,28,32)(H,29,31). The van der Waals surface area contributed by atoms with Crippen LogP contribution in [0.2, 0.25) is 5.15 Å². The van der Waals surface area contributed by atoms with E-state index in [0.29, 0.717) is 23.8 Å². The van der Waals surface area contributed by atoms with E-state index in [1.165, 1.54) is 0 Å². The highest BCUT2D eigenvalue weighted by Crippen LogP contribution is 2.31. The number of H-pyrrole nitrogens is 1. The lowest BCUT2D eigenvalue weighted by Gasteiger charge is -2.31. The van der Waals surface area contributed by atoms with E-state index in [9.17, 15) is 9.59 Å². The second kappa shape index (κ2) is 8.78. The molecule has 4 N–H and O–H groups in total. The molecular formula is C23H25ClN6O2. The number of carbonyl (C=O) groups excluding carboxylic acids is 2. The van der Waals surface area contributed by atoms with E-state index in [2.05, 4.69) is 30.9 Å². The molecule has 4 heterocycles. The maximum absolute atomic E-state index is 12.5. The molecule has 3 aromatic heterocycles. The van der Waals surface area contributed by atoms with Crippen molar-refractivity contribution in [3.05, 3.63) is 41.8 Å². The summed E-state index contributed by atoms with van der Waals surface area (Å²) in [5.41, 5.74) is 2.81. The molecular weight excluding hydrogens is 428 g/mol. The first kappa shape index (κ1) is 20.8. The van der Waals surface area contributed by atoms with E-state index < -0.39 is 6.04 Å². The second-order valence-electron chi connectivity index (χ2n) is 8.54. The summed E-state index contributed by atoms with van der Waals surface area (Å²) in [5, 5.41) is 10.8. The number of aromatic nitrogens is 3. The topological polar surface area (TPSA) is 112 Å². The number of carbonyl (C=O) groups is 2. The van der Waals surface area contributed by atoms with E-state index >= 15 is 0 Å². The minimum atomic E-state index is -0.404. The van der Waals surface area contributed by atoms with Crippen LogP contribution < -0.4 is 16.0 Å². The lowest BCUT2D eigenvalue weighted by Crippen LogP contribution is -2.48. The van der Waals surface area contributed by atoms with Crippen LogP contribution in [0, 0.1) is 0 Å². The van der Waals surface area contributed by atoms with Crippen molar-refractivity contribution in [1.29, 1.82) is 0 Å². The molecule has 9 heteroatoms. The van der Waals surface area contributed by atoms with Gasteiger partial charge in [-0.2, -0.15) is 0 Å². The first-order valence-corrected chi connectivity index (χ1v) is 11.4. The lowest BCUT2D eigenvalue weighted by atomic mass is 9.90. The fourth-order valence-electron chi connectivity index (χ4n) is 4.69. The zero-order chi connectivity index (χ0) is 22.1. The van der Waals surface area contributed by atoms with Gasteiger partial charge in [-0.3, -0.25) is 9.59 Å². The number of nitrogens with one attached hydrogen (secondary N) is 4. The van der Waals surface area contributed by atoms with Crippen molar-refractivity contribution in [2.24, 2.45) is 0 Å². The number of pyridine rings is 2. The highest BCUT2D eigenvalue weighted by atomic mass is 35.5. The minimum Gasteiger partial charge on any atom is -0.367 e. The highest BCUT2D eigenvalue weighted by Gasteiger charge is 2.30. The Hall–Kier alpha value is -3.13. The molecule has 1 aliphatic carbocycles. The molecule has 1 aliphatic heterocycles. The number of hydrogen-bond donors (Lipinski definition) is 4. The average molecular weight is 453 g/mol. The highest BCUT2D eigenvalue weighted by molar-refractivity contribution is 6.29. The fraction of sp³-hybridized carbons (Fsp3) is 0.391. The summed E-state index contributed by atoms with van der Waals surface area (Å²) in [7, 11) is 0. The third kappa shape index (κ3) is 4.41. The molecule has 3 unspecified atom stereocenters. The van der Waals surface area contributed by atoms with Gasteiger partial charge in [-0.15, -0.1) is 0 Å². The van der Waals surface area contributed by atoms with E-state index in [1.807, 2.05) is 30.5 Å². The van der Waals surface area contributed by atoms with Crippen LogP contribution in [0.4, 0.5) is 5.82 Å². The molecule has 166 valence electrons. The van der Waals surface area contributed by atoms with Crippen molar-refractivity contribution >= 4 is 40.3 Å². The quantitative estimate of drug-likeness (QED) is 0.443. The molecule has 3 atom stereocenters. The number of anilines is 1. The zero-order valence-corrected chi connectivity index (χ0v) is 18.3. The second-order valence-corrected chi connectivity index (χ2v) is 8.93. The number of rotatable bonds is 5. The Morgan fingerprint density at radius 3 is 2.91 bits per heavy atom. The Kier molecular flexibility index (Phi) is 5.70. The predicted octanol–water partition coefficient (Wildman–Crippen LogP) is 3.40. The van der Waals surface area contributed by atoms with E-state index in [-0.39, 0.29) is 23.9 Å². The van der Waals surface area contributed by atoms with Crippen molar-refractivity contribution in [2.45, 2.75) is 56.7 Å². The molecule has 1 saturated carbocycles. The Morgan fingerprint density at radius 2 is 2.06 bits per heavy atom. The summed E-state index contributed by atoms with van der Waals surface area (Å²) < 4.78 is 0. The molecule has 0 bridgehead atoms. The number of hydrogen-bond acceptors (Lipinski definition) is 5. The molecule has 5 rings (SSSR count). The summed E-state index contributed by atoms with van der Waals surface area (Å²) in [5.74, 6) is 0.575. The Morgan fingerprint density at radius 1 is 1.19 bits per heavy atom. The Labute approximate surface area is 190 Å². The normalized spacial score (nSPS) is 23.2. The average Bonchev–Trinajstić information content (AvgIpc) is 3.40. The van der Waals surface area contributed by atoms with Gasteiger partial charge in [-0.25, -0.2) is 9.97 Å². The molecule has 2 aliphatic rings. The third-order valence-corrected chi connectivity index (χ3v) is 6.43. The Bertz CT molecular complexity index is 1160. The molecule has 32 heavy (non-hydrogen) atoms.